The van der Waals surface area contributed by atoms with Crippen molar-refractivity contribution < 1.29 is 4.79 Å². The maximum absolute atomic E-state index is 12.0. The van der Waals surface area contributed by atoms with Crippen molar-refractivity contribution in [3.8, 4) is 0 Å². The summed E-state index contributed by atoms with van der Waals surface area (Å²) in [4.78, 5) is 17.4. The summed E-state index contributed by atoms with van der Waals surface area (Å²) in [6, 6.07) is 8.03. The summed E-state index contributed by atoms with van der Waals surface area (Å²) in [7, 11) is 0. The summed E-state index contributed by atoms with van der Waals surface area (Å²) in [6.45, 7) is 8.22. The van der Waals surface area contributed by atoms with Gasteiger partial charge in [0, 0.05) is 10.6 Å². The molecule has 1 aromatic heterocycles. The number of aryl methyl sites for hydroxylation is 2. The van der Waals surface area contributed by atoms with E-state index >= 15 is 0 Å². The van der Waals surface area contributed by atoms with Gasteiger partial charge >= 0.3 is 0 Å². The first-order valence-electron chi connectivity index (χ1n) is 6.78. The molecule has 0 fully saturated rings. The number of carbonyl (C=O) groups is 1. The van der Waals surface area contributed by atoms with Crippen LogP contribution >= 0.6 is 11.3 Å². The van der Waals surface area contributed by atoms with Crippen LogP contribution in [0.1, 0.15) is 40.9 Å². The average molecular weight is 288 g/mol. The molecule has 1 aromatic carbocycles. The van der Waals surface area contributed by atoms with Crippen LogP contribution < -0.4 is 5.32 Å². The molecule has 3 nitrogen and oxygen atoms in total. The van der Waals surface area contributed by atoms with Crippen LogP contribution in [0.3, 0.4) is 0 Å². The number of aromatic nitrogens is 1. The van der Waals surface area contributed by atoms with Gasteiger partial charge in [-0.2, -0.15) is 0 Å². The molecule has 0 aliphatic carbocycles. The van der Waals surface area contributed by atoms with E-state index in [0.717, 1.165) is 21.3 Å². The Labute approximate surface area is 124 Å². The maximum Gasteiger partial charge on any atom is 0.229 e. The fourth-order valence-electron chi connectivity index (χ4n) is 2.04. The number of hydrogen-bond acceptors (Lipinski definition) is 3. The van der Waals surface area contributed by atoms with E-state index in [4.69, 9.17) is 0 Å². The third-order valence-electron chi connectivity index (χ3n) is 3.18. The van der Waals surface area contributed by atoms with E-state index in [-0.39, 0.29) is 5.91 Å². The molecule has 0 atom stereocenters. The van der Waals surface area contributed by atoms with E-state index in [1.54, 1.807) is 11.3 Å². The highest BCUT2D eigenvalue weighted by molar-refractivity contribution is 7.11. The molecule has 2 rings (SSSR count). The number of hydrogen-bond donors (Lipinski definition) is 1. The molecular weight excluding hydrogens is 268 g/mol. The Balaban J connectivity index is 1.99. The zero-order valence-electron chi connectivity index (χ0n) is 12.4. The predicted octanol–water partition coefficient (Wildman–Crippen LogP) is 4.06. The summed E-state index contributed by atoms with van der Waals surface area (Å²) in [5.74, 6) is 0.511. The number of carbonyl (C=O) groups excluding carboxylic acids is 1. The van der Waals surface area contributed by atoms with E-state index in [1.807, 2.05) is 26.0 Å². The van der Waals surface area contributed by atoms with Crippen molar-refractivity contribution in [3.63, 3.8) is 0 Å². The van der Waals surface area contributed by atoms with Crippen molar-refractivity contribution in [1.29, 1.82) is 0 Å². The van der Waals surface area contributed by atoms with Crippen molar-refractivity contribution in [1.82, 2.24) is 4.98 Å². The highest BCUT2D eigenvalue weighted by Gasteiger charge is 2.10. The molecule has 0 saturated carbocycles. The molecule has 0 spiro atoms. The number of benzene rings is 1. The van der Waals surface area contributed by atoms with Gasteiger partial charge in [-0.1, -0.05) is 26.0 Å². The Hall–Kier alpha value is -1.68. The average Bonchev–Trinajstić information content (AvgIpc) is 2.68. The molecule has 0 saturated heterocycles. The highest BCUT2D eigenvalue weighted by atomic mass is 32.1. The molecule has 0 radical (unpaired) electrons. The number of amides is 1. The van der Waals surface area contributed by atoms with Crippen LogP contribution in [0, 0.1) is 13.8 Å². The standard InChI is InChI=1S/C16H20N2OS/c1-10(2)13-5-7-14(8-6-13)18-16(19)9-15-11(3)17-12(4)20-15/h5-8,10H,9H2,1-4H3,(H,18,19). The third kappa shape index (κ3) is 3.67. The molecule has 4 heteroatoms. The summed E-state index contributed by atoms with van der Waals surface area (Å²) in [6.07, 6.45) is 0.392. The lowest BCUT2D eigenvalue weighted by molar-refractivity contribution is -0.115. The van der Waals surface area contributed by atoms with Crippen molar-refractivity contribution >= 4 is 22.9 Å². The van der Waals surface area contributed by atoms with Gasteiger partial charge in [-0.3, -0.25) is 4.79 Å². The fraction of sp³-hybridized carbons (Fsp3) is 0.375. The predicted molar refractivity (Wildman–Crippen MR) is 84.5 cm³/mol. The largest absolute Gasteiger partial charge is 0.326 e. The smallest absolute Gasteiger partial charge is 0.229 e. The number of nitrogens with zero attached hydrogens (tertiary/aromatic N) is 1. The molecule has 0 aliphatic rings. The van der Waals surface area contributed by atoms with Gasteiger partial charge in [-0.05, 0) is 37.5 Å². The van der Waals surface area contributed by atoms with Gasteiger partial charge in [0.25, 0.3) is 0 Å². The first-order valence-corrected chi connectivity index (χ1v) is 7.60. The number of thiazole rings is 1. The van der Waals surface area contributed by atoms with Crippen molar-refractivity contribution in [2.24, 2.45) is 0 Å². The van der Waals surface area contributed by atoms with E-state index in [1.165, 1.54) is 5.56 Å². The van der Waals surface area contributed by atoms with Gasteiger partial charge in [0.2, 0.25) is 5.91 Å². The molecule has 1 heterocycles. The van der Waals surface area contributed by atoms with Crippen molar-refractivity contribution in [2.45, 2.75) is 40.0 Å². The highest BCUT2D eigenvalue weighted by Crippen LogP contribution is 2.20. The first kappa shape index (κ1) is 14.7. The van der Waals surface area contributed by atoms with Gasteiger partial charge in [0.1, 0.15) is 0 Å². The first-order chi connectivity index (χ1) is 9.45. The van der Waals surface area contributed by atoms with Gasteiger partial charge in [-0.15, -0.1) is 11.3 Å². The molecular formula is C16H20N2OS. The summed E-state index contributed by atoms with van der Waals surface area (Å²) in [5.41, 5.74) is 3.08. The zero-order chi connectivity index (χ0) is 14.7. The number of rotatable bonds is 4. The Kier molecular flexibility index (Phi) is 4.55. The summed E-state index contributed by atoms with van der Waals surface area (Å²) in [5, 5.41) is 3.94. The minimum Gasteiger partial charge on any atom is -0.326 e. The van der Waals surface area contributed by atoms with Gasteiger partial charge in [-0.25, -0.2) is 4.98 Å². The molecule has 0 unspecified atom stereocenters. The SMILES string of the molecule is Cc1nc(C)c(CC(=O)Nc2ccc(C(C)C)cc2)s1. The molecule has 0 bridgehead atoms. The Morgan fingerprint density at radius 1 is 1.25 bits per heavy atom. The molecule has 20 heavy (non-hydrogen) atoms. The molecule has 106 valence electrons. The minimum absolute atomic E-state index is 0.00838. The molecule has 0 aliphatic heterocycles. The van der Waals surface area contributed by atoms with Crippen LogP contribution in [0.15, 0.2) is 24.3 Å². The van der Waals surface area contributed by atoms with E-state index in [9.17, 15) is 4.79 Å². The Morgan fingerprint density at radius 2 is 1.90 bits per heavy atom. The van der Waals surface area contributed by atoms with Crippen LogP contribution in [0.25, 0.3) is 0 Å². The Bertz CT molecular complexity index is 599. The maximum atomic E-state index is 12.0. The van der Waals surface area contributed by atoms with Gasteiger partial charge in [0.05, 0.1) is 17.1 Å². The summed E-state index contributed by atoms with van der Waals surface area (Å²) < 4.78 is 0. The quantitative estimate of drug-likeness (QED) is 0.921. The van der Waals surface area contributed by atoms with Crippen LogP contribution in [-0.2, 0) is 11.2 Å². The van der Waals surface area contributed by atoms with E-state index in [2.05, 4.69) is 36.3 Å². The second-order valence-corrected chi connectivity index (χ2v) is 6.53. The van der Waals surface area contributed by atoms with Crippen LogP contribution in [0.5, 0.6) is 0 Å². The van der Waals surface area contributed by atoms with E-state index in [0.29, 0.717) is 12.3 Å². The van der Waals surface area contributed by atoms with Gasteiger partial charge < -0.3 is 5.32 Å². The molecule has 1 N–H and O–H groups in total. The molecule has 1 amide bonds. The number of anilines is 1. The van der Waals surface area contributed by atoms with Crippen LogP contribution in [0.4, 0.5) is 5.69 Å². The third-order valence-corrected chi connectivity index (χ3v) is 4.25. The lowest BCUT2D eigenvalue weighted by atomic mass is 10.0. The van der Waals surface area contributed by atoms with Crippen molar-refractivity contribution in [2.75, 3.05) is 5.32 Å². The fourth-order valence-corrected chi connectivity index (χ4v) is 2.98. The van der Waals surface area contributed by atoms with E-state index < -0.39 is 0 Å². The lowest BCUT2D eigenvalue weighted by Gasteiger charge is -2.08. The summed E-state index contributed by atoms with van der Waals surface area (Å²) >= 11 is 1.59. The normalized spacial score (nSPS) is 10.8. The van der Waals surface area contributed by atoms with Gasteiger partial charge in [0.15, 0.2) is 0 Å². The Morgan fingerprint density at radius 3 is 2.40 bits per heavy atom. The zero-order valence-corrected chi connectivity index (χ0v) is 13.2. The van der Waals surface area contributed by atoms with Crippen LogP contribution in [0.2, 0.25) is 0 Å². The molecule has 2 aromatic rings. The monoisotopic (exact) mass is 288 g/mol. The topological polar surface area (TPSA) is 42.0 Å². The second-order valence-electron chi connectivity index (χ2n) is 5.24. The minimum atomic E-state index is 0.00838. The number of nitrogens with one attached hydrogen (secondary N) is 1. The van der Waals surface area contributed by atoms with Crippen LogP contribution in [-0.4, -0.2) is 10.9 Å². The second kappa shape index (κ2) is 6.18. The lowest BCUT2D eigenvalue weighted by Crippen LogP contribution is -2.14. The van der Waals surface area contributed by atoms with Crippen molar-refractivity contribution in [3.05, 3.63) is 45.4 Å².